The van der Waals surface area contributed by atoms with Crippen molar-refractivity contribution in [2.45, 2.75) is 32.2 Å². The summed E-state index contributed by atoms with van der Waals surface area (Å²) in [6, 6.07) is 4.83. The topological polar surface area (TPSA) is 27.7 Å². The first-order valence-corrected chi connectivity index (χ1v) is 6.78. The first-order valence-electron chi connectivity index (χ1n) is 6.78. The molecule has 19 heavy (non-hydrogen) atoms. The predicted octanol–water partition coefficient (Wildman–Crippen LogP) is 2.35. The van der Waals surface area contributed by atoms with Gasteiger partial charge in [-0.1, -0.05) is 18.9 Å². The van der Waals surface area contributed by atoms with Crippen LogP contribution in [0.15, 0.2) is 18.2 Å². The monoisotopic (exact) mass is 266 g/mol. The van der Waals surface area contributed by atoms with Crippen molar-refractivity contribution in [2.75, 3.05) is 20.5 Å². The van der Waals surface area contributed by atoms with E-state index >= 15 is 0 Å². The highest BCUT2D eigenvalue weighted by Crippen LogP contribution is 2.14. The quantitative estimate of drug-likeness (QED) is 0.465. The normalized spacial score (nSPS) is 16.4. The third kappa shape index (κ3) is 4.30. The van der Waals surface area contributed by atoms with Crippen LogP contribution in [0.4, 0.5) is 4.39 Å². The third-order valence-electron chi connectivity index (χ3n) is 3.34. The lowest BCUT2D eigenvalue weighted by atomic mass is 9.56. The highest BCUT2D eigenvalue weighted by atomic mass is 19.1. The molecule has 0 spiro atoms. The average Bonchev–Trinajstić information content (AvgIpc) is 2.68. The Morgan fingerprint density at radius 2 is 2.21 bits per heavy atom. The van der Waals surface area contributed by atoms with Crippen molar-refractivity contribution in [2.24, 2.45) is 0 Å². The molecule has 1 heterocycles. The molecule has 0 bridgehead atoms. The molecule has 0 aromatic heterocycles. The van der Waals surface area contributed by atoms with Crippen molar-refractivity contribution >= 4 is 12.4 Å². The summed E-state index contributed by atoms with van der Waals surface area (Å²) in [5, 5.41) is 0. The van der Waals surface area contributed by atoms with Gasteiger partial charge in [-0.2, -0.15) is 0 Å². The van der Waals surface area contributed by atoms with E-state index in [4.69, 9.17) is 14.1 Å². The Labute approximate surface area is 114 Å². The number of methoxy groups -OCH3 is 1. The fourth-order valence-corrected chi connectivity index (χ4v) is 2.41. The summed E-state index contributed by atoms with van der Waals surface area (Å²) in [5.74, 6) is -0.242. The zero-order chi connectivity index (χ0) is 13.5. The Hall–Kier alpha value is -0.905. The van der Waals surface area contributed by atoms with Crippen LogP contribution in [-0.4, -0.2) is 27.4 Å². The van der Waals surface area contributed by atoms with E-state index in [2.05, 4.69) is 0 Å². The zero-order valence-corrected chi connectivity index (χ0v) is 11.4. The molecular formula is C14H20BFO3. The maximum atomic E-state index is 13.4. The zero-order valence-electron chi connectivity index (χ0n) is 11.4. The second-order valence-corrected chi connectivity index (χ2v) is 4.81. The first-order chi connectivity index (χ1) is 9.31. The average molecular weight is 266 g/mol. The van der Waals surface area contributed by atoms with Gasteiger partial charge >= 0.3 is 6.92 Å². The van der Waals surface area contributed by atoms with E-state index in [1.807, 2.05) is 6.07 Å². The van der Waals surface area contributed by atoms with Crippen LogP contribution in [-0.2, 0) is 20.7 Å². The molecule has 1 aliphatic rings. The van der Waals surface area contributed by atoms with Crippen LogP contribution in [0.2, 0.25) is 6.32 Å². The lowest BCUT2D eigenvalue weighted by Gasteiger charge is -2.16. The highest BCUT2D eigenvalue weighted by Gasteiger charge is 2.23. The second-order valence-electron chi connectivity index (χ2n) is 4.81. The molecule has 1 aromatic carbocycles. The molecule has 0 amide bonds. The van der Waals surface area contributed by atoms with Gasteiger partial charge < -0.3 is 14.1 Å². The van der Waals surface area contributed by atoms with Crippen molar-refractivity contribution in [3.05, 3.63) is 29.6 Å². The molecule has 0 unspecified atom stereocenters. The summed E-state index contributed by atoms with van der Waals surface area (Å²) >= 11 is 0. The van der Waals surface area contributed by atoms with E-state index in [0.29, 0.717) is 6.61 Å². The second kappa shape index (κ2) is 7.63. The number of benzene rings is 1. The van der Waals surface area contributed by atoms with Crippen LogP contribution >= 0.6 is 0 Å². The van der Waals surface area contributed by atoms with Crippen molar-refractivity contribution in [3.8, 4) is 0 Å². The van der Waals surface area contributed by atoms with Crippen LogP contribution in [0.3, 0.4) is 0 Å². The van der Waals surface area contributed by atoms with E-state index in [9.17, 15) is 4.39 Å². The Bertz CT molecular complexity index is 392. The summed E-state index contributed by atoms with van der Waals surface area (Å²) in [5.41, 5.74) is 1.89. The first kappa shape index (κ1) is 14.5. The van der Waals surface area contributed by atoms with Gasteiger partial charge in [-0.25, -0.2) is 4.39 Å². The van der Waals surface area contributed by atoms with Gasteiger partial charge in [0, 0.05) is 13.7 Å². The largest absolute Gasteiger partial charge is 0.431 e. The van der Waals surface area contributed by atoms with Gasteiger partial charge in [0.05, 0.1) is 6.61 Å². The van der Waals surface area contributed by atoms with E-state index in [0.717, 1.165) is 36.8 Å². The molecule has 0 atom stereocenters. The Morgan fingerprint density at radius 1 is 1.32 bits per heavy atom. The Kier molecular flexibility index (Phi) is 5.82. The van der Waals surface area contributed by atoms with Crippen molar-refractivity contribution in [1.29, 1.82) is 0 Å². The summed E-state index contributed by atoms with van der Waals surface area (Å²) in [4.78, 5) is 0. The van der Waals surface area contributed by atoms with E-state index in [1.165, 1.54) is 18.6 Å². The fraction of sp³-hybridized carbons (Fsp3) is 0.571. The molecule has 1 fully saturated rings. The Balaban J connectivity index is 2.12. The smallest absolute Gasteiger partial charge is 0.326 e. The van der Waals surface area contributed by atoms with E-state index in [1.54, 1.807) is 7.11 Å². The maximum Gasteiger partial charge on any atom is 0.326 e. The lowest BCUT2D eigenvalue weighted by molar-refractivity contribution is -0.0389. The SMILES string of the molecule is COCOCc1cc(F)ccc1B1CCCCCO1. The lowest BCUT2D eigenvalue weighted by Crippen LogP contribution is -2.36. The fourth-order valence-electron chi connectivity index (χ4n) is 2.41. The van der Waals surface area contributed by atoms with Gasteiger partial charge in [0.15, 0.2) is 0 Å². The molecule has 2 rings (SSSR count). The summed E-state index contributed by atoms with van der Waals surface area (Å²) in [6.07, 6.45) is 4.45. The molecule has 3 nitrogen and oxygen atoms in total. The molecule has 0 aliphatic carbocycles. The van der Waals surface area contributed by atoms with Gasteiger partial charge in [0.2, 0.25) is 0 Å². The predicted molar refractivity (Wildman–Crippen MR) is 73.1 cm³/mol. The number of hydrogen-bond acceptors (Lipinski definition) is 3. The van der Waals surface area contributed by atoms with Crippen molar-refractivity contribution < 1.29 is 18.5 Å². The van der Waals surface area contributed by atoms with E-state index in [-0.39, 0.29) is 19.5 Å². The summed E-state index contributed by atoms with van der Waals surface area (Å²) in [7, 11) is 1.57. The number of halogens is 1. The van der Waals surface area contributed by atoms with Gasteiger partial charge in [-0.15, -0.1) is 0 Å². The van der Waals surface area contributed by atoms with Gasteiger partial charge in [-0.05, 0) is 35.9 Å². The molecular weight excluding hydrogens is 246 g/mol. The van der Waals surface area contributed by atoms with Crippen LogP contribution in [0.1, 0.15) is 24.8 Å². The number of ether oxygens (including phenoxy) is 2. The minimum atomic E-state index is -0.242. The number of rotatable bonds is 5. The minimum Gasteiger partial charge on any atom is -0.431 e. The molecule has 1 aliphatic heterocycles. The molecule has 1 aromatic rings. The van der Waals surface area contributed by atoms with Crippen LogP contribution in [0.25, 0.3) is 0 Å². The molecule has 0 saturated carbocycles. The number of hydrogen-bond donors (Lipinski definition) is 0. The summed E-state index contributed by atoms with van der Waals surface area (Å²) in [6.45, 7) is 1.40. The van der Waals surface area contributed by atoms with Crippen molar-refractivity contribution in [1.82, 2.24) is 0 Å². The van der Waals surface area contributed by atoms with Gasteiger partial charge in [0.25, 0.3) is 0 Å². The molecule has 1 saturated heterocycles. The summed E-state index contributed by atoms with van der Waals surface area (Å²) < 4.78 is 29.4. The minimum absolute atomic E-state index is 0.0595. The van der Waals surface area contributed by atoms with E-state index < -0.39 is 0 Å². The van der Waals surface area contributed by atoms with Crippen LogP contribution < -0.4 is 5.46 Å². The molecule has 0 N–H and O–H groups in total. The molecule has 5 heteroatoms. The van der Waals surface area contributed by atoms with Crippen LogP contribution in [0, 0.1) is 5.82 Å². The van der Waals surface area contributed by atoms with Crippen molar-refractivity contribution in [3.63, 3.8) is 0 Å². The highest BCUT2D eigenvalue weighted by molar-refractivity contribution is 6.67. The standard InChI is InChI=1S/C14H20BFO3/c1-17-11-18-10-12-9-13(16)5-6-14(12)15-7-3-2-4-8-19-15/h5-6,9H,2-4,7-8,10-11H2,1H3. The maximum absolute atomic E-state index is 13.4. The Morgan fingerprint density at radius 3 is 3.05 bits per heavy atom. The van der Waals surface area contributed by atoms with Crippen LogP contribution in [0.5, 0.6) is 0 Å². The van der Waals surface area contributed by atoms with Gasteiger partial charge in [-0.3, -0.25) is 0 Å². The molecule has 104 valence electrons. The third-order valence-corrected chi connectivity index (χ3v) is 3.34. The molecule has 0 radical (unpaired) electrons. The van der Waals surface area contributed by atoms with Gasteiger partial charge in [0.1, 0.15) is 12.6 Å².